The molecule has 0 aliphatic carbocycles. The van der Waals surface area contributed by atoms with Crippen LogP contribution in [0, 0.1) is 10.1 Å². The second-order valence-electron chi connectivity index (χ2n) is 2.68. The zero-order chi connectivity index (χ0) is 13.4. The second-order valence-corrected chi connectivity index (χ2v) is 5.54. The summed E-state index contributed by atoms with van der Waals surface area (Å²) < 4.78 is 46.8. The maximum Gasteiger partial charge on any atom is 0.365 e. The molecule has 0 saturated carbocycles. The molecule has 0 unspecified atom stereocenters. The summed E-state index contributed by atoms with van der Waals surface area (Å²) in [6.07, 6.45) is -3.19. The van der Waals surface area contributed by atoms with Crippen LogP contribution in [0.4, 0.5) is 14.6 Å². The van der Waals surface area contributed by atoms with Gasteiger partial charge in [-0.25, -0.2) is 17.2 Å². The highest BCUT2D eigenvalue weighted by molar-refractivity contribution is 8.13. The smallest absolute Gasteiger partial charge is 0.358 e. The number of nitrogens with zero attached hydrogens (tertiary/aromatic N) is 2. The van der Waals surface area contributed by atoms with Gasteiger partial charge in [-0.05, 0) is 9.91 Å². The Hall–Kier alpha value is -1.06. The van der Waals surface area contributed by atoms with E-state index in [0.29, 0.717) is 6.07 Å². The third kappa shape index (κ3) is 2.99. The molecule has 0 atom stereocenters. The van der Waals surface area contributed by atoms with Crippen LogP contribution in [0.2, 0.25) is 5.02 Å². The standard InChI is InChI=1S/C6H2Cl2F2N2O4S/c7-4-2(5(9)10)1-3(12(13)14)11-6(4)17(8,15)16/h1,5H. The number of nitro groups is 1. The van der Waals surface area contributed by atoms with E-state index in [9.17, 15) is 27.3 Å². The van der Waals surface area contributed by atoms with E-state index >= 15 is 0 Å². The number of rotatable bonds is 3. The average Bonchev–Trinajstić information content (AvgIpc) is 2.15. The van der Waals surface area contributed by atoms with Crippen LogP contribution < -0.4 is 0 Å². The summed E-state index contributed by atoms with van der Waals surface area (Å²) >= 11 is 5.34. The van der Waals surface area contributed by atoms with Crippen molar-refractivity contribution in [2.45, 2.75) is 11.5 Å². The number of halogens is 4. The summed E-state index contributed by atoms with van der Waals surface area (Å²) in [7, 11) is 0.321. The van der Waals surface area contributed by atoms with Gasteiger partial charge in [-0.15, -0.1) is 0 Å². The Balaban J connectivity index is 3.67. The zero-order valence-corrected chi connectivity index (χ0v) is 9.93. The number of hydrogen-bond acceptors (Lipinski definition) is 5. The van der Waals surface area contributed by atoms with Crippen LogP contribution in [0.25, 0.3) is 0 Å². The second kappa shape index (κ2) is 4.67. The van der Waals surface area contributed by atoms with E-state index in [1.165, 1.54) is 0 Å². The third-order valence-electron chi connectivity index (χ3n) is 1.60. The lowest BCUT2D eigenvalue weighted by Crippen LogP contribution is -2.04. The molecule has 0 radical (unpaired) electrons. The molecule has 6 nitrogen and oxygen atoms in total. The first-order valence-electron chi connectivity index (χ1n) is 3.72. The van der Waals surface area contributed by atoms with Gasteiger partial charge < -0.3 is 10.1 Å². The fourth-order valence-corrected chi connectivity index (χ4v) is 2.40. The van der Waals surface area contributed by atoms with Gasteiger partial charge in [0.2, 0.25) is 0 Å². The first kappa shape index (κ1) is 14.0. The highest BCUT2D eigenvalue weighted by Crippen LogP contribution is 2.34. The minimum atomic E-state index is -4.55. The van der Waals surface area contributed by atoms with Gasteiger partial charge in [0.15, 0.2) is 0 Å². The van der Waals surface area contributed by atoms with Crippen LogP contribution in [0.3, 0.4) is 0 Å². The normalized spacial score (nSPS) is 11.8. The minimum absolute atomic E-state index is 0.387. The van der Waals surface area contributed by atoms with Crippen molar-refractivity contribution >= 4 is 37.2 Å². The predicted molar refractivity (Wildman–Crippen MR) is 53.9 cm³/mol. The molecule has 0 N–H and O–H groups in total. The molecule has 0 aliphatic heterocycles. The highest BCUT2D eigenvalue weighted by atomic mass is 35.7. The Morgan fingerprint density at radius 3 is 2.35 bits per heavy atom. The molecule has 0 bridgehead atoms. The van der Waals surface area contributed by atoms with E-state index in [4.69, 9.17) is 22.3 Å². The number of aromatic nitrogens is 1. The molecule has 1 heterocycles. The van der Waals surface area contributed by atoms with Gasteiger partial charge in [0.1, 0.15) is 5.02 Å². The summed E-state index contributed by atoms with van der Waals surface area (Å²) in [4.78, 5) is 12.3. The van der Waals surface area contributed by atoms with E-state index in [-0.39, 0.29) is 0 Å². The summed E-state index contributed by atoms with van der Waals surface area (Å²) in [5.74, 6) is -1.08. The van der Waals surface area contributed by atoms with Gasteiger partial charge in [0.05, 0.1) is 5.56 Å². The van der Waals surface area contributed by atoms with Crippen LogP contribution in [-0.2, 0) is 9.05 Å². The van der Waals surface area contributed by atoms with Crippen molar-refractivity contribution in [1.29, 1.82) is 0 Å². The topological polar surface area (TPSA) is 90.2 Å². The lowest BCUT2D eigenvalue weighted by molar-refractivity contribution is -0.390. The Labute approximate surface area is 103 Å². The van der Waals surface area contributed by atoms with Crippen molar-refractivity contribution in [2.24, 2.45) is 0 Å². The zero-order valence-electron chi connectivity index (χ0n) is 7.60. The van der Waals surface area contributed by atoms with E-state index < -0.39 is 41.8 Å². The summed E-state index contributed by atoms with van der Waals surface area (Å²) in [6.45, 7) is 0. The molecule has 0 saturated heterocycles. The highest BCUT2D eigenvalue weighted by Gasteiger charge is 2.31. The molecule has 0 fully saturated rings. The summed E-state index contributed by atoms with van der Waals surface area (Å²) in [5.41, 5.74) is -1.02. The van der Waals surface area contributed by atoms with Crippen LogP contribution >= 0.6 is 22.3 Å². The molecule has 11 heteroatoms. The molecule has 1 aromatic heterocycles. The molecule has 1 rings (SSSR count). The summed E-state index contributed by atoms with van der Waals surface area (Å²) in [6, 6.07) is 0.387. The van der Waals surface area contributed by atoms with Gasteiger partial charge in [0.25, 0.3) is 6.43 Å². The van der Waals surface area contributed by atoms with Gasteiger partial charge in [-0.3, -0.25) is 0 Å². The maximum atomic E-state index is 12.5. The van der Waals surface area contributed by atoms with Crippen molar-refractivity contribution < 1.29 is 22.1 Å². The molecule has 1 aromatic rings. The lowest BCUT2D eigenvalue weighted by atomic mass is 10.2. The van der Waals surface area contributed by atoms with Gasteiger partial charge in [-0.2, -0.15) is 0 Å². The number of alkyl halides is 2. The molecule has 0 aromatic carbocycles. The lowest BCUT2D eigenvalue weighted by Gasteiger charge is -2.03. The molecule has 17 heavy (non-hydrogen) atoms. The quantitative estimate of drug-likeness (QED) is 0.486. The van der Waals surface area contributed by atoms with E-state index in [1.807, 2.05) is 0 Å². The van der Waals surface area contributed by atoms with Crippen molar-refractivity contribution in [3.05, 3.63) is 26.8 Å². The monoisotopic (exact) mass is 306 g/mol. The van der Waals surface area contributed by atoms with Gasteiger partial charge in [0, 0.05) is 16.7 Å². The maximum absolute atomic E-state index is 12.5. The fraction of sp³-hybridized carbons (Fsp3) is 0.167. The third-order valence-corrected chi connectivity index (χ3v) is 3.30. The first-order valence-corrected chi connectivity index (χ1v) is 6.41. The number of hydrogen-bond donors (Lipinski definition) is 0. The molecular weight excluding hydrogens is 305 g/mol. The van der Waals surface area contributed by atoms with Gasteiger partial charge in [-0.1, -0.05) is 11.6 Å². The number of pyridine rings is 1. The van der Waals surface area contributed by atoms with E-state index in [2.05, 4.69) is 4.98 Å². The average molecular weight is 307 g/mol. The van der Waals surface area contributed by atoms with Crippen LogP contribution in [-0.4, -0.2) is 18.3 Å². The van der Waals surface area contributed by atoms with Crippen LogP contribution in [0.5, 0.6) is 0 Å². The molecule has 0 spiro atoms. The molecular formula is C6H2Cl2F2N2O4S. The van der Waals surface area contributed by atoms with Crippen molar-refractivity contribution in [1.82, 2.24) is 4.98 Å². The Bertz CT molecular complexity index is 578. The molecule has 0 amide bonds. The SMILES string of the molecule is O=[N+]([O-])c1cc(C(F)F)c(Cl)c(S(=O)(=O)Cl)n1. The van der Waals surface area contributed by atoms with Crippen molar-refractivity contribution in [2.75, 3.05) is 0 Å². The van der Waals surface area contributed by atoms with Crippen molar-refractivity contribution in [3.63, 3.8) is 0 Å². The summed E-state index contributed by atoms with van der Waals surface area (Å²) in [5, 5.41) is 8.29. The first-order chi connectivity index (χ1) is 7.64. The largest absolute Gasteiger partial charge is 0.365 e. The van der Waals surface area contributed by atoms with E-state index in [1.54, 1.807) is 0 Å². The minimum Gasteiger partial charge on any atom is -0.358 e. The van der Waals surface area contributed by atoms with Crippen molar-refractivity contribution in [3.8, 4) is 0 Å². The van der Waals surface area contributed by atoms with E-state index in [0.717, 1.165) is 0 Å². The molecule has 94 valence electrons. The van der Waals surface area contributed by atoms with Gasteiger partial charge >= 0.3 is 19.9 Å². The van der Waals surface area contributed by atoms with Crippen LogP contribution in [0.15, 0.2) is 11.1 Å². The fourth-order valence-electron chi connectivity index (χ4n) is 0.925. The predicted octanol–water partition coefficient (Wildman–Crippen LogP) is 2.51. The van der Waals surface area contributed by atoms with Crippen LogP contribution in [0.1, 0.15) is 12.0 Å². The molecule has 0 aliphatic rings. The Morgan fingerprint density at radius 2 is 2.00 bits per heavy atom. The Morgan fingerprint density at radius 1 is 1.47 bits per heavy atom. The Kier molecular flexibility index (Phi) is 3.84.